The van der Waals surface area contributed by atoms with E-state index in [-0.39, 0.29) is 18.4 Å². The third-order valence-electron chi connectivity index (χ3n) is 3.91. The number of likely N-dealkylation sites (tertiary alicyclic amines) is 1. The lowest BCUT2D eigenvalue weighted by Crippen LogP contribution is -2.30. The maximum atomic E-state index is 12.5. The number of hydrogen-bond acceptors (Lipinski definition) is 4. The highest BCUT2D eigenvalue weighted by Gasteiger charge is 2.31. The molecule has 0 aliphatic carbocycles. The number of carbonyl (C=O) groups excluding carboxylic acids is 2. The Labute approximate surface area is 131 Å². The maximum Gasteiger partial charge on any atom is 0.308 e. The fraction of sp³-hybridized carbons (Fsp3) is 0.400. The minimum absolute atomic E-state index is 0.0528. The van der Waals surface area contributed by atoms with Gasteiger partial charge in [-0.3, -0.25) is 14.4 Å². The first-order valence-electron chi connectivity index (χ1n) is 7.13. The van der Waals surface area contributed by atoms with Gasteiger partial charge in [0.05, 0.1) is 11.6 Å². The molecule has 116 valence electrons. The molecule has 3 rings (SSSR count). The van der Waals surface area contributed by atoms with Crippen LogP contribution in [0, 0.1) is 5.92 Å². The van der Waals surface area contributed by atoms with Crippen LogP contribution in [0.5, 0.6) is 0 Å². The van der Waals surface area contributed by atoms with E-state index in [9.17, 15) is 14.4 Å². The van der Waals surface area contributed by atoms with Crippen molar-refractivity contribution in [2.75, 3.05) is 24.2 Å². The lowest BCUT2D eigenvalue weighted by molar-refractivity contribution is -0.141. The summed E-state index contributed by atoms with van der Waals surface area (Å²) in [7, 11) is 0. The highest BCUT2D eigenvalue weighted by atomic mass is 32.2. The molecule has 1 saturated heterocycles. The lowest BCUT2D eigenvalue weighted by Gasteiger charge is -2.17. The molecule has 22 heavy (non-hydrogen) atoms. The maximum absolute atomic E-state index is 12.5. The van der Waals surface area contributed by atoms with Crippen LogP contribution in [0.15, 0.2) is 23.1 Å². The van der Waals surface area contributed by atoms with Crippen LogP contribution >= 0.6 is 11.8 Å². The molecular formula is C15H16N2O4S. The van der Waals surface area contributed by atoms with Gasteiger partial charge in [-0.1, -0.05) is 0 Å². The number of nitrogens with zero attached hydrogens (tertiary/aromatic N) is 1. The van der Waals surface area contributed by atoms with Crippen molar-refractivity contribution in [2.45, 2.75) is 17.7 Å². The molecule has 7 heteroatoms. The molecular weight excluding hydrogens is 304 g/mol. The Hall–Kier alpha value is -2.02. The van der Waals surface area contributed by atoms with Crippen molar-refractivity contribution in [3.8, 4) is 0 Å². The quantitative estimate of drug-likeness (QED) is 0.865. The summed E-state index contributed by atoms with van der Waals surface area (Å²) in [5.41, 5.74) is 1.14. The molecule has 2 aliphatic heterocycles. The van der Waals surface area contributed by atoms with E-state index in [1.54, 1.807) is 28.8 Å². The molecule has 1 fully saturated rings. The average molecular weight is 320 g/mol. The van der Waals surface area contributed by atoms with Crippen molar-refractivity contribution in [3.63, 3.8) is 0 Å². The number of carboxylic acid groups (broad SMARTS) is 1. The fourth-order valence-corrected chi connectivity index (χ4v) is 3.62. The van der Waals surface area contributed by atoms with Crippen LogP contribution in [0.3, 0.4) is 0 Å². The van der Waals surface area contributed by atoms with E-state index in [0.717, 1.165) is 10.6 Å². The van der Waals surface area contributed by atoms with Crippen LogP contribution in [-0.2, 0) is 9.59 Å². The fourth-order valence-electron chi connectivity index (χ4n) is 2.68. The van der Waals surface area contributed by atoms with Gasteiger partial charge in [-0.25, -0.2) is 0 Å². The standard InChI is InChI=1S/C15H16N2O4S/c18-13-4-6-22-12-2-1-9(7-11(12)16-13)14(19)17-5-3-10(8-17)15(20)21/h1-2,7,10H,3-6,8H2,(H,16,18)(H,20,21). The van der Waals surface area contributed by atoms with Crippen LogP contribution in [0.2, 0.25) is 0 Å². The molecule has 2 amide bonds. The molecule has 0 bridgehead atoms. The van der Waals surface area contributed by atoms with Crippen LogP contribution in [0.1, 0.15) is 23.2 Å². The molecule has 0 aromatic heterocycles. The SMILES string of the molecule is O=C1CCSc2ccc(C(=O)N3CCC(C(=O)O)C3)cc2N1. The number of carboxylic acids is 1. The Bertz CT molecular complexity index is 646. The molecule has 0 spiro atoms. The van der Waals surface area contributed by atoms with Gasteiger partial charge < -0.3 is 15.3 Å². The Kier molecular flexibility index (Phi) is 4.06. The Balaban J connectivity index is 1.79. The van der Waals surface area contributed by atoms with Crippen LogP contribution < -0.4 is 5.32 Å². The second-order valence-electron chi connectivity index (χ2n) is 5.43. The van der Waals surface area contributed by atoms with Gasteiger partial charge in [-0.2, -0.15) is 0 Å². The third kappa shape index (κ3) is 2.94. The topological polar surface area (TPSA) is 86.7 Å². The van der Waals surface area contributed by atoms with E-state index in [1.807, 2.05) is 6.07 Å². The normalized spacial score (nSPS) is 21.0. The summed E-state index contributed by atoms with van der Waals surface area (Å²) >= 11 is 1.58. The van der Waals surface area contributed by atoms with Crippen LogP contribution in [-0.4, -0.2) is 46.6 Å². The summed E-state index contributed by atoms with van der Waals surface area (Å²) in [5, 5.41) is 11.8. The molecule has 2 aliphatic rings. The number of aliphatic carboxylic acids is 1. The molecule has 0 radical (unpaired) electrons. The van der Waals surface area contributed by atoms with Crippen LogP contribution in [0.25, 0.3) is 0 Å². The van der Waals surface area contributed by atoms with Crippen molar-refractivity contribution in [1.82, 2.24) is 4.90 Å². The van der Waals surface area contributed by atoms with Gasteiger partial charge >= 0.3 is 5.97 Å². The Morgan fingerprint density at radius 3 is 2.91 bits per heavy atom. The second-order valence-corrected chi connectivity index (χ2v) is 6.57. The van der Waals surface area contributed by atoms with Gasteiger partial charge in [-0.15, -0.1) is 11.8 Å². The zero-order chi connectivity index (χ0) is 15.7. The van der Waals surface area contributed by atoms with E-state index < -0.39 is 11.9 Å². The highest BCUT2D eigenvalue weighted by Crippen LogP contribution is 2.32. The van der Waals surface area contributed by atoms with Crippen molar-refractivity contribution in [3.05, 3.63) is 23.8 Å². The monoisotopic (exact) mass is 320 g/mol. The Morgan fingerprint density at radius 2 is 2.18 bits per heavy atom. The number of benzene rings is 1. The van der Waals surface area contributed by atoms with Crippen molar-refractivity contribution >= 4 is 35.2 Å². The number of thioether (sulfide) groups is 1. The van der Waals surface area contributed by atoms with Gasteiger partial charge in [0.1, 0.15) is 0 Å². The van der Waals surface area contributed by atoms with Crippen molar-refractivity contribution < 1.29 is 19.5 Å². The summed E-state index contributed by atoms with van der Waals surface area (Å²) in [4.78, 5) is 37.6. The van der Waals surface area contributed by atoms with E-state index in [1.165, 1.54) is 0 Å². The van der Waals surface area contributed by atoms with E-state index in [0.29, 0.717) is 30.6 Å². The first-order chi connectivity index (χ1) is 10.5. The van der Waals surface area contributed by atoms with Gasteiger partial charge in [0, 0.05) is 35.7 Å². The number of rotatable bonds is 2. The molecule has 2 N–H and O–H groups in total. The third-order valence-corrected chi connectivity index (χ3v) is 4.99. The van der Waals surface area contributed by atoms with E-state index in [4.69, 9.17) is 5.11 Å². The number of anilines is 1. The molecule has 1 atom stereocenters. The molecule has 0 saturated carbocycles. The van der Waals surface area contributed by atoms with Crippen molar-refractivity contribution in [2.24, 2.45) is 5.92 Å². The summed E-state index contributed by atoms with van der Waals surface area (Å²) < 4.78 is 0. The number of amides is 2. The zero-order valence-corrected chi connectivity index (χ0v) is 12.7. The largest absolute Gasteiger partial charge is 0.481 e. The highest BCUT2D eigenvalue weighted by molar-refractivity contribution is 7.99. The number of carbonyl (C=O) groups is 3. The Morgan fingerprint density at radius 1 is 1.36 bits per heavy atom. The zero-order valence-electron chi connectivity index (χ0n) is 11.9. The molecule has 2 heterocycles. The summed E-state index contributed by atoms with van der Waals surface area (Å²) in [6, 6.07) is 5.26. The lowest BCUT2D eigenvalue weighted by atomic mass is 10.1. The van der Waals surface area contributed by atoms with Crippen molar-refractivity contribution in [1.29, 1.82) is 0 Å². The number of hydrogen-bond donors (Lipinski definition) is 2. The molecule has 1 aromatic rings. The van der Waals surface area contributed by atoms with Crippen LogP contribution in [0.4, 0.5) is 5.69 Å². The smallest absolute Gasteiger partial charge is 0.308 e. The summed E-state index contributed by atoms with van der Waals surface area (Å²) in [6.07, 6.45) is 0.938. The van der Waals surface area contributed by atoms with Gasteiger partial charge in [0.25, 0.3) is 5.91 Å². The van der Waals surface area contributed by atoms with Gasteiger partial charge in [0.15, 0.2) is 0 Å². The van der Waals surface area contributed by atoms with E-state index in [2.05, 4.69) is 5.32 Å². The van der Waals surface area contributed by atoms with Gasteiger partial charge in [-0.05, 0) is 24.6 Å². The molecule has 6 nitrogen and oxygen atoms in total. The second kappa shape index (κ2) is 6.00. The molecule has 1 aromatic carbocycles. The average Bonchev–Trinajstić information content (AvgIpc) is 2.90. The summed E-state index contributed by atoms with van der Waals surface area (Å²) in [5.74, 6) is -0.864. The predicted octanol–water partition coefficient (Wildman–Crippen LogP) is 1.67. The number of nitrogens with one attached hydrogen (secondary N) is 1. The molecule has 1 unspecified atom stereocenters. The number of fused-ring (bicyclic) bond motifs is 1. The predicted molar refractivity (Wildman–Crippen MR) is 82.1 cm³/mol. The first-order valence-corrected chi connectivity index (χ1v) is 8.12. The van der Waals surface area contributed by atoms with Gasteiger partial charge in [0.2, 0.25) is 5.91 Å². The minimum Gasteiger partial charge on any atom is -0.481 e. The first kappa shape index (κ1) is 14.9. The summed E-state index contributed by atoms with van der Waals surface area (Å²) in [6.45, 7) is 0.695. The van der Waals surface area contributed by atoms with E-state index >= 15 is 0 Å². The minimum atomic E-state index is -0.860.